The first-order chi connectivity index (χ1) is 28.5. The van der Waals surface area contributed by atoms with Gasteiger partial charge in [0.2, 0.25) is 5.91 Å². The molecule has 0 aliphatic heterocycles. The summed E-state index contributed by atoms with van der Waals surface area (Å²) in [5.41, 5.74) is 4.85. The summed E-state index contributed by atoms with van der Waals surface area (Å²) in [7, 11) is 3.20. The molecule has 23 nitrogen and oxygen atoms in total. The zero-order chi connectivity index (χ0) is 45.9. The largest absolute Gasteiger partial charge is 0.480 e. The summed E-state index contributed by atoms with van der Waals surface area (Å²) in [5.74, 6) is 0.280. The number of nitro benzene ring substituents is 2. The van der Waals surface area contributed by atoms with Crippen molar-refractivity contribution >= 4 is 58.4 Å². The Balaban J connectivity index is 0. The summed E-state index contributed by atoms with van der Waals surface area (Å²) in [6, 6.07) is 15.1. The number of hydrogen-bond donors (Lipinski definition) is 7. The highest BCUT2D eigenvalue weighted by atomic mass is 16.6. The fourth-order valence-corrected chi connectivity index (χ4v) is 4.30. The molecule has 0 atom stereocenters. The maximum atomic E-state index is 12.0. The summed E-state index contributed by atoms with van der Waals surface area (Å²) >= 11 is 0. The molecule has 4 aromatic rings. The number of nitrogens with two attached hydrogens (primary N) is 1. The van der Waals surface area contributed by atoms with Crippen LogP contribution in [0.3, 0.4) is 0 Å². The van der Waals surface area contributed by atoms with Gasteiger partial charge in [-0.1, -0.05) is 22.3 Å². The lowest BCUT2D eigenvalue weighted by Crippen LogP contribution is -2.37. The van der Waals surface area contributed by atoms with E-state index in [9.17, 15) is 39.4 Å². The van der Waals surface area contributed by atoms with Crippen LogP contribution in [0.25, 0.3) is 0 Å². The molecule has 0 radical (unpaired) electrons. The molecule has 0 aliphatic rings. The smallest absolute Gasteiger partial charge is 0.408 e. The topological polar surface area (TPSA) is 324 Å². The Labute approximate surface area is 371 Å². The van der Waals surface area contributed by atoms with Crippen molar-refractivity contribution in [1.82, 2.24) is 20.6 Å². The van der Waals surface area contributed by atoms with Crippen LogP contribution in [0.2, 0.25) is 0 Å². The first kappa shape index (κ1) is 58.1. The number of carbonyl (C=O) groups excluding carboxylic acids is 3. The molecule has 3 amide bonds. The van der Waals surface area contributed by atoms with Gasteiger partial charge in [-0.25, -0.2) is 19.6 Å². The number of anilines is 4. The zero-order valence-corrected chi connectivity index (χ0v) is 34.6. The Morgan fingerprint density at radius 1 is 0.656 bits per heavy atom. The predicted molar refractivity (Wildman–Crippen MR) is 243 cm³/mol. The van der Waals surface area contributed by atoms with Gasteiger partial charge in [-0.05, 0) is 77.9 Å². The summed E-state index contributed by atoms with van der Waals surface area (Å²) < 4.78 is 21.0. The lowest BCUT2D eigenvalue weighted by atomic mass is 10.2. The Hall–Kier alpha value is -7.98. The van der Waals surface area contributed by atoms with Crippen LogP contribution < -0.4 is 41.8 Å². The fourth-order valence-electron chi connectivity index (χ4n) is 4.30. The third-order valence-electron chi connectivity index (χ3n) is 6.67. The second-order valence-corrected chi connectivity index (χ2v) is 14.0. The Morgan fingerprint density at radius 2 is 1.06 bits per heavy atom. The molecule has 4 rings (SSSR count). The number of alkyl carbamates (subject to hydrolysis) is 2. The number of aliphatic carboxylic acids is 1. The molecule has 0 saturated carbocycles. The number of ether oxygens (including phenoxy) is 4. The van der Waals surface area contributed by atoms with E-state index in [1.54, 1.807) is 79.9 Å². The number of benzene rings is 2. The second-order valence-electron chi connectivity index (χ2n) is 14.0. The number of nitrogen functional groups attached to an aromatic ring is 1. The third-order valence-corrected chi connectivity index (χ3v) is 6.67. The van der Waals surface area contributed by atoms with Crippen molar-refractivity contribution in [2.24, 2.45) is 0 Å². The standard InChI is InChI=1S/C19H23N5O6.C12H12N4O3.C7H13NO4.3CH4/c1-19(2,3)30-18(26)22-11-17(25)23-16-10-13(7-8-21-16)29-12-5-6-14(20-4)15(9-12)24(27)28;1-14-10-3-2-8(6-11(10)16(17)18)19-9-4-5-15-12(13)7-9;1-7(2,3)12-6(11)8-4-5(9)10;;;/h5-10,20H,11H2,1-4H3,(H,22,26)(H,21,23,25);2-7,14H,1H3,(H2,13,15);4H2,1-3H3,(H,8,11)(H,9,10);3*1H4. The van der Waals surface area contributed by atoms with Gasteiger partial charge >= 0.3 is 18.2 Å². The minimum absolute atomic E-state index is 0. The van der Waals surface area contributed by atoms with Crippen LogP contribution in [0.1, 0.15) is 63.8 Å². The van der Waals surface area contributed by atoms with Crippen molar-refractivity contribution in [2.45, 2.75) is 75.0 Å². The van der Waals surface area contributed by atoms with Crippen molar-refractivity contribution in [2.75, 3.05) is 48.9 Å². The average molecular weight is 901 g/mol. The van der Waals surface area contributed by atoms with Crippen LogP contribution in [0.5, 0.6) is 23.0 Å². The number of nitro groups is 2. The van der Waals surface area contributed by atoms with E-state index in [0.29, 0.717) is 34.4 Å². The molecule has 64 heavy (non-hydrogen) atoms. The lowest BCUT2D eigenvalue weighted by Gasteiger charge is -2.19. The highest BCUT2D eigenvalue weighted by Gasteiger charge is 2.19. The van der Waals surface area contributed by atoms with E-state index < -0.39 is 51.7 Å². The molecule has 0 spiro atoms. The molecule has 2 aromatic carbocycles. The molecule has 0 fully saturated rings. The third kappa shape index (κ3) is 22.6. The Morgan fingerprint density at radius 3 is 1.45 bits per heavy atom. The van der Waals surface area contributed by atoms with Gasteiger partial charge in [0.15, 0.2) is 0 Å². The van der Waals surface area contributed by atoms with E-state index in [2.05, 4.69) is 36.6 Å². The van der Waals surface area contributed by atoms with E-state index in [-0.39, 0.29) is 51.8 Å². The first-order valence-electron chi connectivity index (χ1n) is 17.9. The number of nitrogens with zero attached hydrogens (tertiary/aromatic N) is 4. The number of rotatable bonds is 13. The monoisotopic (exact) mass is 900 g/mol. The predicted octanol–water partition coefficient (Wildman–Crippen LogP) is 8.20. The summed E-state index contributed by atoms with van der Waals surface area (Å²) in [6.07, 6.45) is 1.48. The van der Waals surface area contributed by atoms with Gasteiger partial charge in [-0.3, -0.25) is 29.8 Å². The molecule has 23 heteroatoms. The highest BCUT2D eigenvalue weighted by Crippen LogP contribution is 2.33. The maximum absolute atomic E-state index is 12.0. The number of aromatic nitrogens is 2. The van der Waals surface area contributed by atoms with E-state index in [1.165, 1.54) is 48.8 Å². The number of hydrogen-bond acceptors (Lipinski definition) is 17. The van der Waals surface area contributed by atoms with E-state index >= 15 is 0 Å². The molecular formula is C41H60N10O13. The fraction of sp³-hybridized carbons (Fsp3) is 0.366. The van der Waals surface area contributed by atoms with Crippen molar-refractivity contribution in [3.8, 4) is 23.0 Å². The van der Waals surface area contributed by atoms with Gasteiger partial charge in [0.25, 0.3) is 11.4 Å². The van der Waals surface area contributed by atoms with E-state index in [1.807, 2.05) is 0 Å². The molecule has 0 aliphatic carbocycles. The van der Waals surface area contributed by atoms with Gasteiger partial charge in [-0.15, -0.1) is 0 Å². The van der Waals surface area contributed by atoms with Crippen LogP contribution in [0, 0.1) is 20.2 Å². The number of nitrogens with one attached hydrogen (secondary N) is 5. The van der Waals surface area contributed by atoms with Crippen LogP contribution in [-0.2, 0) is 19.1 Å². The summed E-state index contributed by atoms with van der Waals surface area (Å²) in [4.78, 5) is 73.3. The molecule has 2 heterocycles. The summed E-state index contributed by atoms with van der Waals surface area (Å²) in [6.45, 7) is 9.51. The lowest BCUT2D eigenvalue weighted by molar-refractivity contribution is -0.384. The van der Waals surface area contributed by atoms with Gasteiger partial charge in [-0.2, -0.15) is 0 Å². The summed E-state index contributed by atoms with van der Waals surface area (Å²) in [5, 5.41) is 42.7. The molecule has 0 unspecified atom stereocenters. The highest BCUT2D eigenvalue weighted by molar-refractivity contribution is 5.93. The molecular weight excluding hydrogens is 841 g/mol. The Bertz CT molecular complexity index is 2180. The minimum atomic E-state index is -1.10. The molecule has 352 valence electrons. The zero-order valence-electron chi connectivity index (χ0n) is 34.6. The van der Waals surface area contributed by atoms with Crippen LogP contribution >= 0.6 is 0 Å². The molecule has 0 saturated heterocycles. The van der Waals surface area contributed by atoms with Crippen LogP contribution in [0.15, 0.2) is 73.1 Å². The minimum Gasteiger partial charge on any atom is -0.480 e. The van der Waals surface area contributed by atoms with Gasteiger partial charge in [0, 0.05) is 38.6 Å². The van der Waals surface area contributed by atoms with Gasteiger partial charge in [0.05, 0.1) is 22.0 Å². The number of carboxylic acid groups (broad SMARTS) is 1. The number of carboxylic acids is 1. The van der Waals surface area contributed by atoms with E-state index in [4.69, 9.17) is 29.8 Å². The first-order valence-corrected chi connectivity index (χ1v) is 17.9. The normalized spacial score (nSPS) is 9.94. The van der Waals surface area contributed by atoms with Gasteiger partial charge in [0.1, 0.15) is 70.3 Å². The van der Waals surface area contributed by atoms with Crippen LogP contribution in [-0.4, -0.2) is 87.4 Å². The molecule has 8 N–H and O–H groups in total. The number of carbonyl (C=O) groups is 4. The molecule has 0 bridgehead atoms. The van der Waals surface area contributed by atoms with Crippen LogP contribution in [0.4, 0.5) is 44.0 Å². The quantitative estimate of drug-likeness (QED) is 0.0491. The van der Waals surface area contributed by atoms with Crippen molar-refractivity contribution < 1.29 is 53.1 Å². The molecule has 2 aromatic heterocycles. The number of amides is 3. The number of pyridine rings is 2. The second kappa shape index (κ2) is 27.1. The Kier molecular flexibility index (Phi) is 24.6. The van der Waals surface area contributed by atoms with E-state index in [0.717, 1.165) is 0 Å². The van der Waals surface area contributed by atoms with Gasteiger partial charge < -0.3 is 56.4 Å². The van der Waals surface area contributed by atoms with Crippen molar-refractivity contribution in [3.63, 3.8) is 0 Å². The van der Waals surface area contributed by atoms with Crippen molar-refractivity contribution in [3.05, 3.63) is 93.3 Å². The van der Waals surface area contributed by atoms with Crippen molar-refractivity contribution in [1.29, 1.82) is 0 Å². The maximum Gasteiger partial charge on any atom is 0.408 e. The SMILES string of the molecule is C.C.C.CC(C)(C)OC(=O)NCC(=O)O.CNc1ccc(Oc2ccnc(N)c2)cc1[N+](=O)[O-].CNc1ccc(Oc2ccnc(NC(=O)CNC(=O)OC(C)(C)C)c2)cc1[N+](=O)[O-]. The average Bonchev–Trinajstić information content (AvgIpc) is 3.15.